The van der Waals surface area contributed by atoms with E-state index in [0.717, 1.165) is 0 Å². The molecule has 1 aromatic rings. The maximum atomic E-state index is 13.0. The average Bonchev–Trinajstić information content (AvgIpc) is 2.13. The maximum Gasteiger partial charge on any atom is 0.127 e. The fourth-order valence-electron chi connectivity index (χ4n) is 1.47. The molecule has 0 radical (unpaired) electrons. The smallest absolute Gasteiger partial charge is 0.127 e. The minimum absolute atomic E-state index is 0.282. The van der Waals surface area contributed by atoms with E-state index >= 15 is 0 Å². The van der Waals surface area contributed by atoms with Crippen LogP contribution in [0.1, 0.15) is 20.8 Å². The molecule has 0 heterocycles. The molecule has 0 fully saturated rings. The Morgan fingerprint density at radius 1 is 1.38 bits per heavy atom. The van der Waals surface area contributed by atoms with Gasteiger partial charge in [0.05, 0.1) is 5.60 Å². The van der Waals surface area contributed by atoms with Crippen LogP contribution in [0.3, 0.4) is 0 Å². The van der Waals surface area contributed by atoms with Crippen LogP contribution in [0.2, 0.25) is 0 Å². The van der Waals surface area contributed by atoms with Gasteiger partial charge in [-0.3, -0.25) is 0 Å². The highest BCUT2D eigenvalue weighted by Crippen LogP contribution is 2.17. The number of ether oxygens (including phenoxy) is 1. The first-order chi connectivity index (χ1) is 7.43. The SMILES string of the molecule is CCOC(C)(C)CNc1cc(N)cc(F)c1. The van der Waals surface area contributed by atoms with Crippen LogP contribution in [0.5, 0.6) is 0 Å². The molecule has 0 atom stereocenters. The highest BCUT2D eigenvalue weighted by Gasteiger charge is 2.17. The van der Waals surface area contributed by atoms with Crippen molar-refractivity contribution in [1.29, 1.82) is 0 Å². The van der Waals surface area contributed by atoms with Crippen molar-refractivity contribution in [3.05, 3.63) is 24.0 Å². The topological polar surface area (TPSA) is 47.3 Å². The van der Waals surface area contributed by atoms with Crippen molar-refractivity contribution < 1.29 is 9.13 Å². The standard InChI is InChI=1S/C12H19FN2O/c1-4-16-12(2,3)8-15-11-6-9(13)5-10(14)7-11/h5-7,15H,4,8,14H2,1-3H3. The Bertz CT molecular complexity index is 333. The molecule has 0 aliphatic heterocycles. The van der Waals surface area contributed by atoms with Gasteiger partial charge in [-0.2, -0.15) is 0 Å². The van der Waals surface area contributed by atoms with E-state index in [-0.39, 0.29) is 11.4 Å². The number of hydrogen-bond acceptors (Lipinski definition) is 3. The molecular weight excluding hydrogens is 207 g/mol. The lowest BCUT2D eigenvalue weighted by atomic mass is 10.1. The molecule has 0 saturated heterocycles. The summed E-state index contributed by atoms with van der Waals surface area (Å²) in [6, 6.07) is 4.41. The molecule has 0 aromatic heterocycles. The van der Waals surface area contributed by atoms with Crippen LogP contribution in [0.4, 0.5) is 15.8 Å². The van der Waals surface area contributed by atoms with Crippen molar-refractivity contribution in [1.82, 2.24) is 0 Å². The predicted molar refractivity (Wildman–Crippen MR) is 65.0 cm³/mol. The van der Waals surface area contributed by atoms with Gasteiger partial charge in [-0.15, -0.1) is 0 Å². The summed E-state index contributed by atoms with van der Waals surface area (Å²) in [5.41, 5.74) is 6.35. The minimum atomic E-state index is -0.336. The number of benzene rings is 1. The van der Waals surface area contributed by atoms with Gasteiger partial charge in [-0.25, -0.2) is 4.39 Å². The first-order valence-corrected chi connectivity index (χ1v) is 5.37. The second-order valence-corrected chi connectivity index (χ2v) is 4.32. The Labute approximate surface area is 95.8 Å². The number of nitrogens with one attached hydrogen (secondary N) is 1. The summed E-state index contributed by atoms with van der Waals surface area (Å²) in [5, 5.41) is 3.11. The van der Waals surface area contributed by atoms with Crippen molar-refractivity contribution in [2.45, 2.75) is 26.4 Å². The van der Waals surface area contributed by atoms with Crippen molar-refractivity contribution >= 4 is 11.4 Å². The highest BCUT2D eigenvalue weighted by atomic mass is 19.1. The Balaban J connectivity index is 2.60. The summed E-state index contributed by atoms with van der Waals surface area (Å²) < 4.78 is 18.6. The van der Waals surface area contributed by atoms with Crippen LogP contribution < -0.4 is 11.1 Å². The third kappa shape index (κ3) is 4.06. The first-order valence-electron chi connectivity index (χ1n) is 5.37. The van der Waals surface area contributed by atoms with E-state index in [2.05, 4.69) is 5.32 Å². The molecule has 0 aliphatic carbocycles. The zero-order valence-electron chi connectivity index (χ0n) is 10.0. The summed E-state index contributed by atoms with van der Waals surface area (Å²) in [5.74, 6) is -0.336. The van der Waals surface area contributed by atoms with E-state index in [1.54, 1.807) is 6.07 Å². The Kier molecular flexibility index (Phi) is 4.12. The molecule has 0 bridgehead atoms. The molecule has 3 nitrogen and oxygen atoms in total. The van der Waals surface area contributed by atoms with Gasteiger partial charge in [0.15, 0.2) is 0 Å². The molecule has 0 aliphatic rings. The molecule has 90 valence electrons. The number of nitrogens with two attached hydrogens (primary N) is 1. The molecule has 0 saturated carbocycles. The summed E-state index contributed by atoms with van der Waals surface area (Å²) in [6.45, 7) is 7.16. The minimum Gasteiger partial charge on any atom is -0.399 e. The first kappa shape index (κ1) is 12.8. The summed E-state index contributed by atoms with van der Waals surface area (Å²) in [4.78, 5) is 0. The molecule has 1 rings (SSSR count). The van der Waals surface area contributed by atoms with Crippen LogP contribution in [0.15, 0.2) is 18.2 Å². The van der Waals surface area contributed by atoms with E-state index in [4.69, 9.17) is 10.5 Å². The molecule has 0 unspecified atom stereocenters. The molecule has 0 amide bonds. The van der Waals surface area contributed by atoms with Gasteiger partial charge in [0.1, 0.15) is 5.82 Å². The lowest BCUT2D eigenvalue weighted by Gasteiger charge is -2.25. The zero-order chi connectivity index (χ0) is 12.2. The quantitative estimate of drug-likeness (QED) is 0.759. The molecule has 0 spiro atoms. The second kappa shape index (κ2) is 5.16. The summed E-state index contributed by atoms with van der Waals surface area (Å²) >= 11 is 0. The van der Waals surface area contributed by atoms with Gasteiger partial charge >= 0.3 is 0 Å². The number of rotatable bonds is 5. The molecule has 16 heavy (non-hydrogen) atoms. The number of halogens is 1. The van der Waals surface area contributed by atoms with Crippen LogP contribution in [-0.2, 0) is 4.74 Å². The average molecular weight is 226 g/mol. The van der Waals surface area contributed by atoms with Crippen LogP contribution in [-0.4, -0.2) is 18.8 Å². The second-order valence-electron chi connectivity index (χ2n) is 4.32. The van der Waals surface area contributed by atoms with Crippen molar-refractivity contribution in [2.75, 3.05) is 24.2 Å². The van der Waals surface area contributed by atoms with Crippen LogP contribution in [0, 0.1) is 5.82 Å². The Morgan fingerprint density at radius 2 is 2.06 bits per heavy atom. The fourth-order valence-corrected chi connectivity index (χ4v) is 1.47. The van der Waals surface area contributed by atoms with Gasteiger partial charge < -0.3 is 15.8 Å². The van der Waals surface area contributed by atoms with Gasteiger partial charge in [-0.1, -0.05) is 0 Å². The van der Waals surface area contributed by atoms with Crippen LogP contribution >= 0.6 is 0 Å². The number of hydrogen-bond donors (Lipinski definition) is 2. The van der Waals surface area contributed by atoms with Gasteiger partial charge in [-0.05, 0) is 39.0 Å². The van der Waals surface area contributed by atoms with E-state index < -0.39 is 0 Å². The van der Waals surface area contributed by atoms with E-state index in [1.807, 2.05) is 20.8 Å². The third-order valence-electron chi connectivity index (χ3n) is 2.17. The van der Waals surface area contributed by atoms with Crippen molar-refractivity contribution in [2.24, 2.45) is 0 Å². The van der Waals surface area contributed by atoms with Gasteiger partial charge in [0, 0.05) is 24.5 Å². The Morgan fingerprint density at radius 3 is 2.62 bits per heavy atom. The lowest BCUT2D eigenvalue weighted by Crippen LogP contribution is -2.33. The monoisotopic (exact) mass is 226 g/mol. The largest absolute Gasteiger partial charge is 0.399 e. The normalized spacial score (nSPS) is 11.5. The maximum absolute atomic E-state index is 13.0. The van der Waals surface area contributed by atoms with Crippen molar-refractivity contribution in [3.63, 3.8) is 0 Å². The fraction of sp³-hybridized carbons (Fsp3) is 0.500. The zero-order valence-corrected chi connectivity index (χ0v) is 10.0. The van der Waals surface area contributed by atoms with Crippen LogP contribution in [0.25, 0.3) is 0 Å². The van der Waals surface area contributed by atoms with E-state index in [1.165, 1.54) is 12.1 Å². The summed E-state index contributed by atoms with van der Waals surface area (Å²) in [7, 11) is 0. The molecule has 4 heteroatoms. The molecular formula is C12H19FN2O. The third-order valence-corrected chi connectivity index (χ3v) is 2.17. The van der Waals surface area contributed by atoms with Gasteiger partial charge in [0.2, 0.25) is 0 Å². The van der Waals surface area contributed by atoms with E-state index in [0.29, 0.717) is 24.5 Å². The number of anilines is 2. The van der Waals surface area contributed by atoms with Gasteiger partial charge in [0.25, 0.3) is 0 Å². The molecule has 1 aromatic carbocycles. The Hall–Kier alpha value is -1.29. The molecule has 3 N–H and O–H groups in total. The lowest BCUT2D eigenvalue weighted by molar-refractivity contribution is 0.000694. The highest BCUT2D eigenvalue weighted by molar-refractivity contribution is 5.54. The summed E-state index contributed by atoms with van der Waals surface area (Å²) in [6.07, 6.45) is 0. The van der Waals surface area contributed by atoms with Crippen molar-refractivity contribution in [3.8, 4) is 0 Å². The number of nitrogen functional groups attached to an aromatic ring is 1. The van der Waals surface area contributed by atoms with E-state index in [9.17, 15) is 4.39 Å². The predicted octanol–water partition coefficient (Wildman–Crippen LogP) is 2.63.